The van der Waals surface area contributed by atoms with E-state index in [0.29, 0.717) is 0 Å². The second kappa shape index (κ2) is 5.32. The van der Waals surface area contributed by atoms with Crippen molar-refractivity contribution in [2.45, 2.75) is 50.9 Å². The minimum absolute atomic E-state index is 0.00722. The van der Waals surface area contributed by atoms with Crippen molar-refractivity contribution >= 4 is 5.97 Å². The van der Waals surface area contributed by atoms with Crippen LogP contribution in [0.25, 0.3) is 0 Å². The summed E-state index contributed by atoms with van der Waals surface area (Å²) in [5, 5.41) is 0. The Morgan fingerprint density at radius 1 is 1.43 bits per heavy atom. The molecule has 0 aromatic carbocycles. The van der Waals surface area contributed by atoms with E-state index >= 15 is 0 Å². The lowest BCUT2D eigenvalue weighted by atomic mass is 9.95. The van der Waals surface area contributed by atoms with Gasteiger partial charge in [-0.1, -0.05) is 0 Å². The second-order valence-electron chi connectivity index (χ2n) is 3.87. The molecule has 1 aliphatic rings. The zero-order chi connectivity index (χ0) is 10.6. The van der Waals surface area contributed by atoms with E-state index in [1.165, 1.54) is 0 Å². The van der Waals surface area contributed by atoms with Crippen LogP contribution in [0.1, 0.15) is 32.6 Å². The number of nitrogens with two attached hydrogens (primary N) is 1. The van der Waals surface area contributed by atoms with Gasteiger partial charge in [0.15, 0.2) is 0 Å². The highest BCUT2D eigenvalue weighted by Gasteiger charge is 2.25. The average Bonchev–Trinajstić information content (AvgIpc) is 2.18. The van der Waals surface area contributed by atoms with Crippen LogP contribution in [0.2, 0.25) is 0 Å². The van der Waals surface area contributed by atoms with Crippen molar-refractivity contribution in [2.24, 2.45) is 5.73 Å². The van der Waals surface area contributed by atoms with Crippen LogP contribution >= 0.6 is 0 Å². The molecule has 0 heterocycles. The van der Waals surface area contributed by atoms with Gasteiger partial charge in [0.25, 0.3) is 0 Å². The maximum Gasteiger partial charge on any atom is 0.322 e. The maximum absolute atomic E-state index is 11.2. The van der Waals surface area contributed by atoms with Crippen LogP contribution in [0.15, 0.2) is 0 Å². The van der Waals surface area contributed by atoms with Gasteiger partial charge in [-0.2, -0.15) is 0 Å². The highest BCUT2D eigenvalue weighted by Crippen LogP contribution is 2.23. The van der Waals surface area contributed by atoms with Crippen LogP contribution in [0.4, 0.5) is 0 Å². The summed E-state index contributed by atoms with van der Waals surface area (Å²) in [6, 6.07) is -0.530. The monoisotopic (exact) mass is 201 g/mol. The highest BCUT2D eigenvalue weighted by molar-refractivity contribution is 5.75. The number of rotatable bonds is 3. The molecule has 0 bridgehead atoms. The molecule has 0 aromatic rings. The van der Waals surface area contributed by atoms with Crippen molar-refractivity contribution in [1.82, 2.24) is 0 Å². The van der Waals surface area contributed by atoms with E-state index in [-0.39, 0.29) is 18.2 Å². The molecule has 0 radical (unpaired) electrons. The minimum Gasteiger partial charge on any atom is -0.461 e. The Bertz CT molecular complexity index is 194. The lowest BCUT2D eigenvalue weighted by Gasteiger charge is -2.28. The smallest absolute Gasteiger partial charge is 0.322 e. The fraction of sp³-hybridized carbons (Fsp3) is 0.900. The van der Waals surface area contributed by atoms with Gasteiger partial charge >= 0.3 is 5.97 Å². The average molecular weight is 201 g/mol. The molecule has 1 saturated carbocycles. The standard InChI is InChI=1S/C10H19NO3/c1-7(11)10(12)14-9-5-3-4-8(6-9)13-2/h7-9H,3-6,11H2,1-2H3/t7-,8?,9?/m1/s1. The van der Waals surface area contributed by atoms with Crippen LogP contribution in [0, 0.1) is 0 Å². The summed E-state index contributed by atoms with van der Waals surface area (Å²) >= 11 is 0. The van der Waals surface area contributed by atoms with E-state index in [2.05, 4.69) is 0 Å². The molecule has 4 heteroatoms. The summed E-state index contributed by atoms with van der Waals surface area (Å²) in [6.07, 6.45) is 4.06. The zero-order valence-corrected chi connectivity index (χ0v) is 8.86. The molecular weight excluding hydrogens is 182 g/mol. The van der Waals surface area contributed by atoms with Crippen LogP contribution in [-0.2, 0) is 14.3 Å². The Kier molecular flexibility index (Phi) is 4.35. The fourth-order valence-electron chi connectivity index (χ4n) is 1.69. The zero-order valence-electron chi connectivity index (χ0n) is 8.86. The van der Waals surface area contributed by atoms with Crippen molar-refractivity contribution in [3.05, 3.63) is 0 Å². The number of methoxy groups -OCH3 is 1. The third-order valence-electron chi connectivity index (χ3n) is 2.57. The Morgan fingerprint density at radius 2 is 2.07 bits per heavy atom. The second-order valence-corrected chi connectivity index (χ2v) is 3.87. The first-order valence-electron chi connectivity index (χ1n) is 5.12. The quantitative estimate of drug-likeness (QED) is 0.687. The van der Waals surface area contributed by atoms with Gasteiger partial charge in [0.1, 0.15) is 12.1 Å². The van der Waals surface area contributed by atoms with Crippen molar-refractivity contribution in [3.8, 4) is 0 Å². The number of esters is 1. The van der Waals surface area contributed by atoms with E-state index in [1.54, 1.807) is 14.0 Å². The molecule has 2 N–H and O–H groups in total. The molecule has 0 aliphatic heterocycles. The van der Waals surface area contributed by atoms with E-state index < -0.39 is 6.04 Å². The van der Waals surface area contributed by atoms with Crippen LogP contribution in [0.3, 0.4) is 0 Å². The molecule has 82 valence electrons. The van der Waals surface area contributed by atoms with Crippen molar-refractivity contribution in [3.63, 3.8) is 0 Å². The number of hydrogen-bond acceptors (Lipinski definition) is 4. The lowest BCUT2D eigenvalue weighted by molar-refractivity contribution is -0.153. The maximum atomic E-state index is 11.2. The Morgan fingerprint density at radius 3 is 2.64 bits per heavy atom. The normalized spacial score (nSPS) is 29.6. The van der Waals surface area contributed by atoms with Crippen LogP contribution in [0.5, 0.6) is 0 Å². The summed E-state index contributed by atoms with van der Waals surface area (Å²) < 4.78 is 10.5. The Hall–Kier alpha value is -0.610. The molecule has 14 heavy (non-hydrogen) atoms. The van der Waals surface area contributed by atoms with Gasteiger partial charge in [-0.05, 0) is 26.2 Å². The van der Waals surface area contributed by atoms with Crippen LogP contribution in [-0.4, -0.2) is 31.3 Å². The third-order valence-corrected chi connectivity index (χ3v) is 2.57. The summed E-state index contributed by atoms with van der Waals surface area (Å²) in [7, 11) is 1.69. The fourth-order valence-corrected chi connectivity index (χ4v) is 1.69. The minimum atomic E-state index is -0.530. The van der Waals surface area contributed by atoms with Crippen LogP contribution < -0.4 is 5.73 Å². The SMILES string of the molecule is COC1CCCC(OC(=O)[C@@H](C)N)C1. The molecule has 1 fully saturated rings. The first-order valence-corrected chi connectivity index (χ1v) is 5.12. The van der Waals surface area contributed by atoms with Crippen molar-refractivity contribution in [2.75, 3.05) is 7.11 Å². The van der Waals surface area contributed by atoms with E-state index in [9.17, 15) is 4.79 Å². The van der Waals surface area contributed by atoms with Gasteiger partial charge in [0, 0.05) is 13.5 Å². The summed E-state index contributed by atoms with van der Waals surface area (Å²) in [6.45, 7) is 1.64. The number of ether oxygens (including phenoxy) is 2. The number of carbonyl (C=O) groups excluding carboxylic acids is 1. The number of carbonyl (C=O) groups is 1. The summed E-state index contributed by atoms with van der Waals surface area (Å²) in [5.74, 6) is -0.313. The topological polar surface area (TPSA) is 61.5 Å². The highest BCUT2D eigenvalue weighted by atomic mass is 16.5. The van der Waals surface area contributed by atoms with E-state index in [4.69, 9.17) is 15.2 Å². The molecule has 1 aliphatic carbocycles. The third kappa shape index (κ3) is 3.27. The molecule has 0 spiro atoms. The molecular formula is C10H19NO3. The van der Waals surface area contributed by atoms with Gasteiger partial charge in [0.2, 0.25) is 0 Å². The summed E-state index contributed by atoms with van der Waals surface area (Å²) in [5.41, 5.74) is 5.41. The molecule has 0 amide bonds. The van der Waals surface area contributed by atoms with Gasteiger partial charge < -0.3 is 15.2 Å². The predicted octanol–water partition coefficient (Wildman–Crippen LogP) is 0.834. The van der Waals surface area contributed by atoms with Gasteiger partial charge in [-0.3, -0.25) is 4.79 Å². The Balaban J connectivity index is 2.34. The first-order chi connectivity index (χ1) is 6.63. The van der Waals surface area contributed by atoms with E-state index in [0.717, 1.165) is 25.7 Å². The largest absolute Gasteiger partial charge is 0.461 e. The van der Waals surface area contributed by atoms with Crippen molar-refractivity contribution in [1.29, 1.82) is 0 Å². The molecule has 0 aromatic heterocycles. The van der Waals surface area contributed by atoms with Crippen molar-refractivity contribution < 1.29 is 14.3 Å². The molecule has 0 saturated heterocycles. The molecule has 2 unspecified atom stereocenters. The van der Waals surface area contributed by atoms with Gasteiger partial charge in [0.05, 0.1) is 6.10 Å². The first kappa shape index (κ1) is 11.5. The number of hydrogen-bond donors (Lipinski definition) is 1. The van der Waals surface area contributed by atoms with Gasteiger partial charge in [-0.25, -0.2) is 0 Å². The molecule has 1 rings (SSSR count). The molecule has 4 nitrogen and oxygen atoms in total. The predicted molar refractivity (Wildman–Crippen MR) is 52.8 cm³/mol. The summed E-state index contributed by atoms with van der Waals surface area (Å²) in [4.78, 5) is 11.2. The lowest BCUT2D eigenvalue weighted by Crippen LogP contribution is -2.35. The molecule has 3 atom stereocenters. The Labute approximate surface area is 84.7 Å². The van der Waals surface area contributed by atoms with E-state index in [1.807, 2.05) is 0 Å². The van der Waals surface area contributed by atoms with Gasteiger partial charge in [-0.15, -0.1) is 0 Å².